The van der Waals surface area contributed by atoms with Crippen LogP contribution in [-0.4, -0.2) is 26.7 Å². The van der Waals surface area contributed by atoms with Crippen LogP contribution in [0.5, 0.6) is 0 Å². The number of fused-ring (bicyclic) bond motifs is 2. The molecule has 2 unspecified atom stereocenters. The molecule has 0 bridgehead atoms. The maximum Gasteiger partial charge on any atom is 0.271 e. The first-order valence-electron chi connectivity index (χ1n) is 11.6. The third-order valence-electron chi connectivity index (χ3n) is 6.78. The van der Waals surface area contributed by atoms with E-state index in [-0.39, 0.29) is 29.0 Å². The highest BCUT2D eigenvalue weighted by molar-refractivity contribution is 7.88. The molecule has 1 saturated heterocycles. The molecule has 0 aliphatic carbocycles. The molecule has 2 atom stereocenters. The summed E-state index contributed by atoms with van der Waals surface area (Å²) in [6.07, 6.45) is 0. The summed E-state index contributed by atoms with van der Waals surface area (Å²) in [5, 5.41) is 12.2. The zero-order valence-electron chi connectivity index (χ0n) is 20.4. The Kier molecular flexibility index (Phi) is 5.96. The van der Waals surface area contributed by atoms with Gasteiger partial charge in [0.25, 0.3) is 11.6 Å². The van der Waals surface area contributed by atoms with Crippen LogP contribution in [0.15, 0.2) is 66.7 Å². The molecule has 1 fully saturated rings. The molecule has 3 aromatic rings. The van der Waals surface area contributed by atoms with Crippen LogP contribution in [0.3, 0.4) is 0 Å². The van der Waals surface area contributed by atoms with E-state index in [4.69, 9.17) is 11.6 Å². The number of anilines is 2. The van der Waals surface area contributed by atoms with E-state index in [0.29, 0.717) is 16.4 Å². The van der Waals surface area contributed by atoms with Gasteiger partial charge in [0.05, 0.1) is 28.0 Å². The molecule has 5 rings (SSSR count). The Bertz CT molecular complexity index is 1470. The molecule has 8 nitrogen and oxygen atoms in total. The maximum absolute atomic E-state index is 14.2. The summed E-state index contributed by atoms with van der Waals surface area (Å²) in [7, 11) is -1.99. The molecule has 0 saturated carbocycles. The van der Waals surface area contributed by atoms with Crippen LogP contribution in [0, 0.1) is 10.1 Å². The zero-order valence-corrected chi connectivity index (χ0v) is 22.0. The van der Waals surface area contributed by atoms with Crippen LogP contribution in [0.1, 0.15) is 37.5 Å². The molecule has 0 aromatic heterocycles. The summed E-state index contributed by atoms with van der Waals surface area (Å²) in [5.74, 6) is -1.42. The van der Waals surface area contributed by atoms with Gasteiger partial charge >= 0.3 is 0 Å². The van der Waals surface area contributed by atoms with Gasteiger partial charge in [-0.1, -0.05) is 56.6 Å². The predicted octanol–water partition coefficient (Wildman–Crippen LogP) is 5.04. The SMILES string of the molecule is CC(C)(C)c1ccc(N2C(=O)CS(=O)C23C(=O)N(Cc2ccc(Cl)cc2)c2ccc([N+](=O)[O-])cc23)cc1. The fourth-order valence-corrected chi connectivity index (χ4v) is 6.73. The number of halogens is 1. The average Bonchev–Trinajstić information content (AvgIpc) is 3.25. The van der Waals surface area contributed by atoms with Gasteiger partial charge in [-0.25, -0.2) is 0 Å². The Morgan fingerprint density at radius 1 is 1.03 bits per heavy atom. The van der Waals surface area contributed by atoms with Crippen molar-refractivity contribution in [2.45, 2.75) is 37.6 Å². The van der Waals surface area contributed by atoms with Crippen molar-refractivity contribution >= 4 is 51.3 Å². The molecule has 190 valence electrons. The van der Waals surface area contributed by atoms with Crippen LogP contribution in [0.25, 0.3) is 0 Å². The quantitative estimate of drug-likeness (QED) is 0.343. The summed E-state index contributed by atoms with van der Waals surface area (Å²) in [6.45, 7) is 6.29. The van der Waals surface area contributed by atoms with Crippen LogP contribution in [0.2, 0.25) is 5.02 Å². The minimum absolute atomic E-state index is 0.116. The van der Waals surface area contributed by atoms with Crippen LogP contribution < -0.4 is 9.80 Å². The van der Waals surface area contributed by atoms with Gasteiger partial charge in [0, 0.05) is 28.4 Å². The predicted molar refractivity (Wildman–Crippen MR) is 143 cm³/mol. The van der Waals surface area contributed by atoms with Crippen molar-refractivity contribution in [2.75, 3.05) is 15.6 Å². The van der Waals surface area contributed by atoms with Gasteiger partial charge in [0.15, 0.2) is 0 Å². The standard InChI is InChI=1S/C27H24ClN3O5S/c1-26(2,3)18-6-10-20(11-7-18)30-24(32)16-37(36)27(30)22-14-21(31(34)35)12-13-23(22)29(25(27)33)15-17-4-8-19(28)9-5-17/h4-14H,15-16H2,1-3H3. The first-order valence-corrected chi connectivity index (χ1v) is 13.3. The van der Waals surface area contributed by atoms with Gasteiger partial charge in [-0.05, 0) is 46.9 Å². The van der Waals surface area contributed by atoms with Crippen molar-refractivity contribution in [3.63, 3.8) is 0 Å². The fourth-order valence-electron chi connectivity index (χ4n) is 4.91. The minimum atomic E-state index is -1.99. The Hall–Kier alpha value is -3.56. The number of carbonyl (C=O) groups is 2. The lowest BCUT2D eigenvalue weighted by atomic mass is 9.87. The fraction of sp³-hybridized carbons (Fsp3) is 0.259. The number of hydrogen-bond acceptors (Lipinski definition) is 5. The van der Waals surface area contributed by atoms with Gasteiger partial charge in [-0.2, -0.15) is 0 Å². The second-order valence-corrected chi connectivity index (χ2v) is 12.1. The first kappa shape index (κ1) is 25.1. The highest BCUT2D eigenvalue weighted by Crippen LogP contribution is 2.52. The average molecular weight is 538 g/mol. The van der Waals surface area contributed by atoms with Crippen molar-refractivity contribution in [2.24, 2.45) is 0 Å². The lowest BCUT2D eigenvalue weighted by Gasteiger charge is -2.33. The number of nitro benzene ring substituents is 1. The van der Waals surface area contributed by atoms with Crippen LogP contribution >= 0.6 is 11.6 Å². The third-order valence-corrected chi connectivity index (χ3v) is 8.77. The van der Waals surface area contributed by atoms with E-state index < -0.39 is 32.4 Å². The number of benzene rings is 3. The Balaban J connectivity index is 1.70. The highest BCUT2D eigenvalue weighted by Gasteiger charge is 2.65. The van der Waals surface area contributed by atoms with Gasteiger partial charge in [0.2, 0.25) is 10.8 Å². The Morgan fingerprint density at radius 2 is 1.68 bits per heavy atom. The summed E-state index contributed by atoms with van der Waals surface area (Å²) < 4.78 is 13.7. The Morgan fingerprint density at radius 3 is 2.27 bits per heavy atom. The maximum atomic E-state index is 14.2. The third kappa shape index (κ3) is 3.93. The summed E-state index contributed by atoms with van der Waals surface area (Å²) in [4.78, 5) is 39.5. The van der Waals surface area contributed by atoms with E-state index in [9.17, 15) is 23.9 Å². The number of amides is 2. The zero-order chi connectivity index (χ0) is 26.7. The van der Waals surface area contributed by atoms with Gasteiger partial charge in [-0.3, -0.25) is 28.8 Å². The molecular formula is C27H24ClN3O5S. The minimum Gasteiger partial charge on any atom is -0.304 e. The van der Waals surface area contributed by atoms with E-state index in [1.165, 1.54) is 28.0 Å². The molecule has 3 aromatic carbocycles. The number of rotatable bonds is 4. The molecule has 1 spiro atoms. The molecule has 2 amide bonds. The molecule has 2 aliphatic heterocycles. The number of nitro groups is 1. The topological polar surface area (TPSA) is 101 Å². The molecular weight excluding hydrogens is 514 g/mol. The molecule has 0 radical (unpaired) electrons. The van der Waals surface area contributed by atoms with E-state index in [0.717, 1.165) is 11.1 Å². The molecule has 2 aliphatic rings. The van der Waals surface area contributed by atoms with Gasteiger partial charge in [-0.15, -0.1) is 0 Å². The van der Waals surface area contributed by atoms with Crippen LogP contribution in [0.4, 0.5) is 17.1 Å². The molecule has 10 heteroatoms. The van der Waals surface area contributed by atoms with Gasteiger partial charge < -0.3 is 4.90 Å². The van der Waals surface area contributed by atoms with E-state index in [1.54, 1.807) is 36.4 Å². The summed E-state index contributed by atoms with van der Waals surface area (Å²) in [6, 6.07) is 18.2. The van der Waals surface area contributed by atoms with Crippen molar-refractivity contribution in [1.82, 2.24) is 0 Å². The summed E-state index contributed by atoms with van der Waals surface area (Å²) in [5.41, 5.74) is 2.36. The van der Waals surface area contributed by atoms with Crippen molar-refractivity contribution in [1.29, 1.82) is 0 Å². The van der Waals surface area contributed by atoms with Gasteiger partial charge in [0.1, 0.15) is 5.75 Å². The van der Waals surface area contributed by atoms with Crippen molar-refractivity contribution in [3.8, 4) is 0 Å². The van der Waals surface area contributed by atoms with E-state index in [2.05, 4.69) is 20.8 Å². The molecule has 0 N–H and O–H groups in total. The second-order valence-electron chi connectivity index (χ2n) is 10.1. The number of hydrogen-bond donors (Lipinski definition) is 0. The first-order chi connectivity index (χ1) is 17.4. The second kappa shape index (κ2) is 8.78. The summed E-state index contributed by atoms with van der Waals surface area (Å²) >= 11 is 6.02. The van der Waals surface area contributed by atoms with Crippen molar-refractivity contribution < 1.29 is 18.7 Å². The van der Waals surface area contributed by atoms with Crippen molar-refractivity contribution in [3.05, 3.63) is 98.6 Å². The smallest absolute Gasteiger partial charge is 0.271 e. The Labute approximate surface area is 221 Å². The number of nitrogens with zero attached hydrogens (tertiary/aromatic N) is 3. The monoisotopic (exact) mass is 537 g/mol. The lowest BCUT2D eigenvalue weighted by Crippen LogP contribution is -2.52. The van der Waals surface area contributed by atoms with Crippen LogP contribution in [-0.2, 0) is 37.2 Å². The van der Waals surface area contributed by atoms with E-state index in [1.807, 2.05) is 12.1 Å². The highest BCUT2D eigenvalue weighted by atomic mass is 35.5. The largest absolute Gasteiger partial charge is 0.304 e. The van der Waals surface area contributed by atoms with E-state index >= 15 is 0 Å². The molecule has 2 heterocycles. The number of carbonyl (C=O) groups excluding carboxylic acids is 2. The number of non-ortho nitro benzene ring substituents is 1. The normalized spacial score (nSPS) is 21.1. The lowest BCUT2D eigenvalue weighted by molar-refractivity contribution is -0.384. The molecule has 37 heavy (non-hydrogen) atoms.